The quantitative estimate of drug-likeness (QED) is 0.606. The largest absolute Gasteiger partial charge is 0.335 e. The summed E-state index contributed by atoms with van der Waals surface area (Å²) in [6.07, 6.45) is 4.53. The van der Waals surface area contributed by atoms with E-state index in [0.29, 0.717) is 0 Å². The molecular weight excluding hydrogens is 386 g/mol. The van der Waals surface area contributed by atoms with Crippen LogP contribution in [0.5, 0.6) is 0 Å². The molecule has 1 amide bonds. The molecule has 0 saturated carbocycles. The molecule has 1 saturated heterocycles. The lowest BCUT2D eigenvalue weighted by atomic mass is 9.51. The van der Waals surface area contributed by atoms with Crippen LogP contribution in [0.2, 0.25) is 0 Å². The number of fused-ring (bicyclic) bond motifs is 6. The van der Waals surface area contributed by atoms with Gasteiger partial charge in [0.1, 0.15) is 5.52 Å². The molecule has 6 rings (SSSR count). The van der Waals surface area contributed by atoms with E-state index in [4.69, 9.17) is 0 Å². The van der Waals surface area contributed by atoms with Crippen LogP contribution in [0.4, 0.5) is 5.69 Å². The van der Waals surface area contributed by atoms with Crippen LogP contribution in [-0.2, 0) is 25.3 Å². The number of carbonyl (C=O) groups is 1. The van der Waals surface area contributed by atoms with Crippen molar-refractivity contribution in [2.75, 3.05) is 6.54 Å². The standard InChI is InChI=1S/C25H27N5O/c1-24(2)22-13-17-12-21-20(27-28-29(21)4)14-18(17)25(24,3)8-10-30(22)23(31)16-5-6-19-15(11-16)7-9-26-19/h5-6,9,11-12,14,22H,7-8,10,13H2,1-4H3/t22-,25-/m0/s1. The highest BCUT2D eigenvalue weighted by Crippen LogP contribution is 2.56. The van der Waals surface area contributed by atoms with Crippen LogP contribution in [0, 0.1) is 5.41 Å². The number of piperidine rings is 1. The molecule has 0 spiro atoms. The Kier molecular flexibility index (Phi) is 3.64. The fraction of sp³-hybridized carbons (Fsp3) is 0.440. The summed E-state index contributed by atoms with van der Waals surface area (Å²) < 4.78 is 1.84. The van der Waals surface area contributed by atoms with Crippen molar-refractivity contribution in [3.8, 4) is 0 Å². The van der Waals surface area contributed by atoms with E-state index in [9.17, 15) is 4.79 Å². The molecule has 3 heterocycles. The van der Waals surface area contributed by atoms with Gasteiger partial charge in [-0.2, -0.15) is 0 Å². The van der Waals surface area contributed by atoms with Crippen LogP contribution in [0.15, 0.2) is 35.3 Å². The zero-order chi connectivity index (χ0) is 21.5. The van der Waals surface area contributed by atoms with Crippen LogP contribution in [0.1, 0.15) is 54.2 Å². The minimum absolute atomic E-state index is 0.0144. The Balaban J connectivity index is 1.43. The first kappa shape index (κ1) is 18.7. The third kappa shape index (κ3) is 2.39. The SMILES string of the molecule is Cn1nnc2cc3c(cc21)C[C@@H]1N(C(=O)c2ccc4c(c2)CC=N4)CC[C@]3(C)C1(C)C. The monoisotopic (exact) mass is 413 g/mol. The predicted octanol–water partition coefficient (Wildman–Crippen LogP) is 3.98. The fourth-order valence-electron chi connectivity index (χ4n) is 6.10. The number of rotatable bonds is 1. The van der Waals surface area contributed by atoms with E-state index >= 15 is 0 Å². The number of carbonyl (C=O) groups excluding carboxylic acids is 1. The minimum Gasteiger partial charge on any atom is -0.335 e. The first-order chi connectivity index (χ1) is 14.8. The zero-order valence-electron chi connectivity index (χ0n) is 18.5. The molecule has 6 nitrogen and oxygen atoms in total. The lowest BCUT2D eigenvalue weighted by Gasteiger charge is -2.60. The number of aromatic nitrogens is 3. The Labute approximate surface area is 182 Å². The van der Waals surface area contributed by atoms with Crippen LogP contribution in [0.3, 0.4) is 0 Å². The van der Waals surface area contributed by atoms with Gasteiger partial charge in [0.05, 0.1) is 11.2 Å². The maximum Gasteiger partial charge on any atom is 0.254 e. The summed E-state index contributed by atoms with van der Waals surface area (Å²) in [7, 11) is 1.93. The summed E-state index contributed by atoms with van der Waals surface area (Å²) in [5.41, 5.74) is 7.56. The second kappa shape index (κ2) is 6.02. The van der Waals surface area contributed by atoms with Gasteiger partial charge in [-0.1, -0.05) is 26.0 Å². The van der Waals surface area contributed by atoms with E-state index in [2.05, 4.69) is 53.1 Å². The summed E-state index contributed by atoms with van der Waals surface area (Å²) in [4.78, 5) is 20.2. The number of amides is 1. The number of aliphatic imine (C=N–C) groups is 1. The third-order valence-corrected chi connectivity index (χ3v) is 8.46. The number of benzene rings is 2. The van der Waals surface area contributed by atoms with Crippen molar-refractivity contribution in [2.24, 2.45) is 17.5 Å². The average Bonchev–Trinajstić information content (AvgIpc) is 3.35. The van der Waals surface area contributed by atoms with Gasteiger partial charge in [0.25, 0.3) is 5.91 Å². The van der Waals surface area contributed by atoms with Crippen molar-refractivity contribution >= 4 is 28.8 Å². The number of hydrogen-bond donors (Lipinski definition) is 0. The second-order valence-corrected chi connectivity index (χ2v) is 10.1. The van der Waals surface area contributed by atoms with Gasteiger partial charge >= 0.3 is 0 Å². The maximum atomic E-state index is 13.7. The second-order valence-electron chi connectivity index (χ2n) is 10.1. The smallest absolute Gasteiger partial charge is 0.254 e. The van der Waals surface area contributed by atoms with Crippen LogP contribution in [-0.4, -0.2) is 44.6 Å². The summed E-state index contributed by atoms with van der Waals surface area (Å²) in [5.74, 6) is 0.140. The first-order valence-electron chi connectivity index (χ1n) is 11.1. The topological polar surface area (TPSA) is 63.4 Å². The Morgan fingerprint density at radius 3 is 2.81 bits per heavy atom. The van der Waals surface area contributed by atoms with Gasteiger partial charge in [0.2, 0.25) is 0 Å². The molecule has 1 aromatic heterocycles. The van der Waals surface area contributed by atoms with Gasteiger partial charge in [0, 0.05) is 43.2 Å². The van der Waals surface area contributed by atoms with Crippen molar-refractivity contribution in [3.05, 3.63) is 52.6 Å². The Bertz CT molecular complexity index is 1290. The van der Waals surface area contributed by atoms with E-state index < -0.39 is 0 Å². The Hall–Kier alpha value is -3.02. The number of aryl methyl sites for hydroxylation is 1. The molecule has 3 aliphatic rings. The van der Waals surface area contributed by atoms with Crippen molar-refractivity contribution in [1.82, 2.24) is 19.9 Å². The van der Waals surface area contributed by atoms with E-state index in [1.807, 2.05) is 36.1 Å². The number of nitrogens with zero attached hydrogens (tertiary/aromatic N) is 5. The normalized spacial score (nSPS) is 25.5. The summed E-state index contributed by atoms with van der Waals surface area (Å²) >= 11 is 0. The minimum atomic E-state index is -0.0519. The molecule has 31 heavy (non-hydrogen) atoms. The van der Waals surface area contributed by atoms with E-state index in [0.717, 1.165) is 53.7 Å². The van der Waals surface area contributed by atoms with Crippen molar-refractivity contribution in [3.63, 3.8) is 0 Å². The fourth-order valence-corrected chi connectivity index (χ4v) is 6.10. The average molecular weight is 414 g/mol. The maximum absolute atomic E-state index is 13.7. The van der Waals surface area contributed by atoms with E-state index in [1.54, 1.807) is 0 Å². The molecule has 158 valence electrons. The molecule has 2 aliphatic heterocycles. The molecular formula is C25H27N5O. The van der Waals surface area contributed by atoms with Crippen LogP contribution >= 0.6 is 0 Å². The molecule has 2 aromatic carbocycles. The highest BCUT2D eigenvalue weighted by atomic mass is 16.2. The van der Waals surface area contributed by atoms with E-state index in [-0.39, 0.29) is 22.8 Å². The summed E-state index contributed by atoms with van der Waals surface area (Å²) in [5, 5.41) is 8.58. The predicted molar refractivity (Wildman–Crippen MR) is 121 cm³/mol. The van der Waals surface area contributed by atoms with Crippen LogP contribution in [0.25, 0.3) is 11.0 Å². The lowest BCUT2D eigenvalue weighted by Crippen LogP contribution is -2.64. The number of likely N-dealkylation sites (tertiary alicyclic amines) is 1. The van der Waals surface area contributed by atoms with Gasteiger partial charge in [-0.15, -0.1) is 5.10 Å². The highest BCUT2D eigenvalue weighted by molar-refractivity contribution is 5.96. The van der Waals surface area contributed by atoms with Gasteiger partial charge < -0.3 is 4.90 Å². The first-order valence-corrected chi connectivity index (χ1v) is 11.1. The third-order valence-electron chi connectivity index (χ3n) is 8.46. The molecule has 1 fully saturated rings. The van der Waals surface area contributed by atoms with Gasteiger partial charge in [0.15, 0.2) is 0 Å². The molecule has 6 heteroatoms. The van der Waals surface area contributed by atoms with E-state index in [1.165, 1.54) is 11.1 Å². The molecule has 2 atom stereocenters. The zero-order valence-corrected chi connectivity index (χ0v) is 18.5. The van der Waals surface area contributed by atoms with Crippen molar-refractivity contribution < 1.29 is 4.79 Å². The lowest BCUT2D eigenvalue weighted by molar-refractivity contribution is -0.0261. The highest BCUT2D eigenvalue weighted by Gasteiger charge is 2.57. The van der Waals surface area contributed by atoms with Crippen molar-refractivity contribution in [1.29, 1.82) is 0 Å². The van der Waals surface area contributed by atoms with Gasteiger partial charge in [-0.25, -0.2) is 4.68 Å². The Morgan fingerprint density at radius 1 is 1.13 bits per heavy atom. The van der Waals surface area contributed by atoms with Gasteiger partial charge in [-0.3, -0.25) is 9.79 Å². The summed E-state index contributed by atoms with van der Waals surface area (Å²) in [6, 6.07) is 10.6. The summed E-state index contributed by atoms with van der Waals surface area (Å²) in [6.45, 7) is 7.80. The molecule has 3 aromatic rings. The molecule has 0 N–H and O–H groups in total. The van der Waals surface area contributed by atoms with Gasteiger partial charge in [-0.05, 0) is 65.3 Å². The molecule has 0 radical (unpaired) electrons. The molecule has 1 aliphatic carbocycles. The molecule has 2 bridgehead atoms. The number of hydrogen-bond acceptors (Lipinski definition) is 4. The van der Waals surface area contributed by atoms with Crippen LogP contribution < -0.4 is 0 Å². The Morgan fingerprint density at radius 2 is 1.97 bits per heavy atom. The molecule has 0 unspecified atom stereocenters. The van der Waals surface area contributed by atoms with Crippen molar-refractivity contribution in [2.45, 2.75) is 51.5 Å².